The summed E-state index contributed by atoms with van der Waals surface area (Å²) in [6, 6.07) is 6.02. The van der Waals surface area contributed by atoms with Gasteiger partial charge in [-0.15, -0.1) is 0 Å². The van der Waals surface area contributed by atoms with E-state index in [-0.39, 0.29) is 35.3 Å². The van der Waals surface area contributed by atoms with Crippen LogP contribution in [0.2, 0.25) is 0 Å². The molecule has 3 rings (SSSR count). The average molecular weight is 329 g/mol. The molecule has 1 heteroatoms. The predicted octanol–water partition coefficient (Wildman–Crippen LogP) is 7.03. The highest BCUT2D eigenvalue weighted by molar-refractivity contribution is 5.64. The van der Waals surface area contributed by atoms with Crippen molar-refractivity contribution in [3.63, 3.8) is 0 Å². The molecule has 0 N–H and O–H groups in total. The quantitative estimate of drug-likeness (QED) is 0.534. The highest BCUT2D eigenvalue weighted by Crippen LogP contribution is 2.34. The lowest BCUT2D eigenvalue weighted by Gasteiger charge is -2.28. The van der Waals surface area contributed by atoms with Gasteiger partial charge in [-0.1, -0.05) is 87.8 Å². The Labute approximate surface area is 151 Å². The van der Waals surface area contributed by atoms with E-state index in [9.17, 15) is 4.39 Å². The van der Waals surface area contributed by atoms with Gasteiger partial charge < -0.3 is 0 Å². The Balaban J connectivity index is 1.79. The first kappa shape index (κ1) is 12.7. The fourth-order valence-electron chi connectivity index (χ4n) is 3.84. The van der Waals surface area contributed by atoms with E-state index >= 15 is 0 Å². The Morgan fingerprint density at radius 1 is 1.00 bits per heavy atom. The van der Waals surface area contributed by atoms with Crippen molar-refractivity contribution in [2.45, 2.75) is 58.3 Å². The minimum absolute atomic E-state index is 0.0654. The molecule has 1 fully saturated rings. The van der Waals surface area contributed by atoms with Crippen molar-refractivity contribution in [1.29, 1.82) is 0 Å². The van der Waals surface area contributed by atoms with Crippen molar-refractivity contribution in [2.24, 2.45) is 11.8 Å². The van der Waals surface area contributed by atoms with Gasteiger partial charge in [0.2, 0.25) is 0 Å². The topological polar surface area (TPSA) is 0 Å². The van der Waals surface area contributed by atoms with Crippen LogP contribution in [0.25, 0.3) is 11.1 Å². The second kappa shape index (κ2) is 8.46. The lowest BCUT2D eigenvalue weighted by atomic mass is 9.78. The zero-order valence-electron chi connectivity index (χ0n) is 18.5. The zero-order valence-corrected chi connectivity index (χ0v) is 14.5. The third kappa shape index (κ3) is 4.47. The number of halogens is 1. The third-order valence-corrected chi connectivity index (χ3v) is 5.26. The Kier molecular flexibility index (Phi) is 4.48. The van der Waals surface area contributed by atoms with E-state index in [2.05, 4.69) is 6.92 Å². The molecule has 0 amide bonds. The lowest BCUT2D eigenvalue weighted by Crippen LogP contribution is -2.15. The van der Waals surface area contributed by atoms with E-state index in [1.807, 2.05) is 0 Å². The molecule has 0 bridgehead atoms. The van der Waals surface area contributed by atoms with E-state index in [0.29, 0.717) is 17.9 Å². The molecule has 0 aromatic heterocycles. The molecule has 0 nitrogen and oxygen atoms in total. The smallest absolute Gasteiger partial charge is 0.131 e. The molecule has 128 valence electrons. The first-order valence-corrected chi connectivity index (χ1v) is 9.28. The van der Waals surface area contributed by atoms with Crippen molar-refractivity contribution < 1.29 is 9.87 Å². The van der Waals surface area contributed by atoms with Gasteiger partial charge in [-0.25, -0.2) is 4.39 Å². The van der Waals surface area contributed by atoms with Gasteiger partial charge in [-0.2, -0.15) is 0 Å². The molecule has 0 saturated heterocycles. The molecule has 0 radical (unpaired) electrons. The molecule has 0 spiro atoms. The van der Waals surface area contributed by atoms with Crippen LogP contribution >= 0.6 is 0 Å². The van der Waals surface area contributed by atoms with Gasteiger partial charge >= 0.3 is 0 Å². The Bertz CT molecular complexity index is 797. The van der Waals surface area contributed by atoms with Gasteiger partial charge in [0.05, 0.1) is 5.48 Å². The number of hydrogen-bond donors (Lipinski definition) is 0. The van der Waals surface area contributed by atoms with Crippen LogP contribution in [-0.4, -0.2) is 0 Å². The maximum Gasteiger partial charge on any atom is 0.131 e. The van der Waals surface area contributed by atoms with Gasteiger partial charge in [-0.3, -0.25) is 0 Å². The third-order valence-electron chi connectivity index (χ3n) is 5.26. The number of benzene rings is 2. The standard InChI is InChI=1S/C23H29F/c1-2-6-18-9-11-19(12-10-18)13-14-20-15-16-22(23(24)17-20)21-7-4-3-5-8-21/h3-5,7-8,15-19H,2,6,9-14H2,1H3/i7D,15D,16D,17D. The molecule has 1 aliphatic carbocycles. The van der Waals surface area contributed by atoms with Crippen LogP contribution in [0, 0.1) is 17.7 Å². The van der Waals surface area contributed by atoms with Crippen molar-refractivity contribution in [1.82, 2.24) is 0 Å². The van der Waals surface area contributed by atoms with Crippen LogP contribution in [0.1, 0.15) is 62.9 Å². The largest absolute Gasteiger partial charge is 0.206 e. The minimum Gasteiger partial charge on any atom is -0.206 e. The van der Waals surface area contributed by atoms with Crippen LogP contribution in [0.4, 0.5) is 4.39 Å². The first-order valence-electron chi connectivity index (χ1n) is 11.3. The van der Waals surface area contributed by atoms with Gasteiger partial charge in [-0.05, 0) is 41.8 Å². The summed E-state index contributed by atoms with van der Waals surface area (Å²) in [5.74, 6) is 0.626. The predicted molar refractivity (Wildman–Crippen MR) is 101 cm³/mol. The summed E-state index contributed by atoms with van der Waals surface area (Å²) in [4.78, 5) is 0. The molecule has 0 aliphatic heterocycles. The van der Waals surface area contributed by atoms with E-state index in [4.69, 9.17) is 5.48 Å². The second-order valence-corrected chi connectivity index (χ2v) is 7.03. The van der Waals surface area contributed by atoms with Gasteiger partial charge in [0, 0.05) is 5.56 Å². The summed E-state index contributed by atoms with van der Waals surface area (Å²) in [6.07, 6.45) is 8.70. The van der Waals surface area contributed by atoms with Crippen molar-refractivity contribution in [2.75, 3.05) is 0 Å². The molecule has 0 unspecified atom stereocenters. The van der Waals surface area contributed by atoms with E-state index in [1.165, 1.54) is 44.6 Å². The van der Waals surface area contributed by atoms with Gasteiger partial charge in [0.15, 0.2) is 0 Å². The van der Waals surface area contributed by atoms with Gasteiger partial charge in [0.1, 0.15) is 5.82 Å². The summed E-state index contributed by atoms with van der Waals surface area (Å²) in [5.41, 5.74) is 0.515. The van der Waals surface area contributed by atoms with E-state index in [0.717, 1.165) is 12.3 Å². The normalized spacial score (nSPS) is 23.2. The summed E-state index contributed by atoms with van der Waals surface area (Å²) in [7, 11) is 0. The van der Waals surface area contributed by atoms with Crippen molar-refractivity contribution in [3.8, 4) is 11.1 Å². The highest BCUT2D eigenvalue weighted by Gasteiger charge is 2.20. The first-order chi connectivity index (χ1) is 13.4. The van der Waals surface area contributed by atoms with Crippen LogP contribution in [0.3, 0.4) is 0 Å². The van der Waals surface area contributed by atoms with E-state index in [1.54, 1.807) is 18.2 Å². The fourth-order valence-corrected chi connectivity index (χ4v) is 3.84. The van der Waals surface area contributed by atoms with Crippen LogP contribution < -0.4 is 0 Å². The van der Waals surface area contributed by atoms with E-state index < -0.39 is 5.82 Å². The minimum atomic E-state index is -0.776. The zero-order chi connectivity index (χ0) is 20.3. The molecular formula is C23H29F. The summed E-state index contributed by atoms with van der Waals surface area (Å²) in [6.45, 7) is 2.23. The molecular weight excluding hydrogens is 295 g/mol. The Morgan fingerprint density at radius 2 is 1.75 bits per heavy atom. The Hall–Kier alpha value is -1.63. The monoisotopic (exact) mass is 328 g/mol. The Morgan fingerprint density at radius 3 is 2.46 bits per heavy atom. The molecule has 1 saturated carbocycles. The molecule has 24 heavy (non-hydrogen) atoms. The second-order valence-electron chi connectivity index (χ2n) is 7.03. The number of rotatable bonds is 6. The molecule has 0 heterocycles. The average Bonchev–Trinajstić information content (AvgIpc) is 2.69. The molecule has 2 aromatic carbocycles. The summed E-state index contributed by atoms with van der Waals surface area (Å²) >= 11 is 0. The lowest BCUT2D eigenvalue weighted by molar-refractivity contribution is 0.252. The summed E-state index contributed by atoms with van der Waals surface area (Å²) in [5, 5.41) is 0. The molecule has 1 aliphatic rings. The highest BCUT2D eigenvalue weighted by atomic mass is 19.1. The van der Waals surface area contributed by atoms with Gasteiger partial charge in [0.25, 0.3) is 0 Å². The summed E-state index contributed by atoms with van der Waals surface area (Å²) < 4.78 is 47.9. The number of hydrogen-bond acceptors (Lipinski definition) is 0. The SMILES string of the molecule is [2H]c1ccccc1-c1c([2H])c([2H])c(CCC2CCC(CCC)CC2)c([2H])c1F. The van der Waals surface area contributed by atoms with Crippen molar-refractivity contribution >= 4 is 0 Å². The molecule has 0 atom stereocenters. The maximum atomic E-state index is 15.0. The van der Waals surface area contributed by atoms with Crippen LogP contribution in [-0.2, 0) is 6.42 Å². The molecule has 2 aromatic rings. The maximum absolute atomic E-state index is 15.0. The fraction of sp³-hybridized carbons (Fsp3) is 0.478. The van der Waals surface area contributed by atoms with Crippen LogP contribution in [0.5, 0.6) is 0 Å². The van der Waals surface area contributed by atoms with Crippen molar-refractivity contribution in [3.05, 3.63) is 59.8 Å². The van der Waals surface area contributed by atoms with Crippen LogP contribution in [0.15, 0.2) is 48.4 Å².